The van der Waals surface area contributed by atoms with Gasteiger partial charge >= 0.3 is 0 Å². The number of fused-ring (bicyclic) bond motifs is 1. The molecule has 0 atom stereocenters. The van der Waals surface area contributed by atoms with Crippen molar-refractivity contribution in [3.63, 3.8) is 0 Å². The fourth-order valence-electron chi connectivity index (χ4n) is 3.89. The minimum absolute atomic E-state index is 0.0310. The van der Waals surface area contributed by atoms with E-state index in [4.69, 9.17) is 4.98 Å². The number of halogens is 1. The molecule has 0 bridgehead atoms. The molecular formula is C23H26FN3O3S2. The number of aromatic nitrogens is 1. The predicted molar refractivity (Wildman–Crippen MR) is 125 cm³/mol. The van der Waals surface area contributed by atoms with Gasteiger partial charge < -0.3 is 9.80 Å². The molecule has 170 valence electrons. The zero-order chi connectivity index (χ0) is 22.7. The van der Waals surface area contributed by atoms with Crippen LogP contribution in [0.5, 0.6) is 0 Å². The number of sulfone groups is 1. The molecule has 3 aromatic rings. The van der Waals surface area contributed by atoms with Gasteiger partial charge in [0.2, 0.25) is 5.91 Å². The van der Waals surface area contributed by atoms with Gasteiger partial charge in [-0.3, -0.25) is 4.79 Å². The van der Waals surface area contributed by atoms with E-state index in [-0.39, 0.29) is 29.4 Å². The molecule has 1 aliphatic rings. The van der Waals surface area contributed by atoms with Crippen LogP contribution in [-0.4, -0.2) is 56.1 Å². The van der Waals surface area contributed by atoms with Crippen LogP contribution in [0.4, 0.5) is 9.52 Å². The Labute approximate surface area is 191 Å². The topological polar surface area (TPSA) is 70.6 Å². The van der Waals surface area contributed by atoms with Gasteiger partial charge in [0.1, 0.15) is 5.82 Å². The van der Waals surface area contributed by atoms with E-state index in [0.717, 1.165) is 29.2 Å². The lowest BCUT2D eigenvalue weighted by Gasteiger charge is -2.34. The maximum atomic E-state index is 13.0. The summed E-state index contributed by atoms with van der Waals surface area (Å²) in [4.78, 5) is 21.5. The van der Waals surface area contributed by atoms with Crippen molar-refractivity contribution >= 4 is 42.4 Å². The number of thiazole rings is 1. The second kappa shape index (κ2) is 9.54. The van der Waals surface area contributed by atoms with Gasteiger partial charge in [0.05, 0.1) is 20.9 Å². The van der Waals surface area contributed by atoms with Gasteiger partial charge in [-0.05, 0) is 48.7 Å². The SMILES string of the molecule is CCc1cccc2sc(N3CCN(C(=O)CCCS(=O)(=O)c4ccc(F)cc4)CC3)nc12. The van der Waals surface area contributed by atoms with Crippen LogP contribution >= 0.6 is 11.3 Å². The van der Waals surface area contributed by atoms with Crippen molar-refractivity contribution < 1.29 is 17.6 Å². The van der Waals surface area contributed by atoms with E-state index in [1.807, 2.05) is 0 Å². The van der Waals surface area contributed by atoms with Crippen LogP contribution in [0.15, 0.2) is 47.4 Å². The van der Waals surface area contributed by atoms with E-state index in [1.54, 1.807) is 16.2 Å². The van der Waals surface area contributed by atoms with Crippen LogP contribution < -0.4 is 4.90 Å². The summed E-state index contributed by atoms with van der Waals surface area (Å²) in [6, 6.07) is 11.1. The molecule has 0 unspecified atom stereocenters. The van der Waals surface area contributed by atoms with Crippen molar-refractivity contribution in [1.82, 2.24) is 9.88 Å². The van der Waals surface area contributed by atoms with Crippen molar-refractivity contribution in [1.29, 1.82) is 0 Å². The molecule has 0 N–H and O–H groups in total. The summed E-state index contributed by atoms with van der Waals surface area (Å²) in [6.45, 7) is 4.74. The lowest BCUT2D eigenvalue weighted by molar-refractivity contribution is -0.131. The third kappa shape index (κ3) is 4.94. The Morgan fingerprint density at radius 1 is 1.09 bits per heavy atom. The van der Waals surface area contributed by atoms with Crippen molar-refractivity contribution in [2.75, 3.05) is 36.8 Å². The first-order chi connectivity index (χ1) is 15.4. The van der Waals surface area contributed by atoms with Crippen molar-refractivity contribution in [2.24, 2.45) is 0 Å². The normalized spacial score (nSPS) is 14.8. The Morgan fingerprint density at radius 3 is 2.50 bits per heavy atom. The predicted octanol–water partition coefficient (Wildman–Crippen LogP) is 3.90. The number of carbonyl (C=O) groups is 1. The fraction of sp³-hybridized carbons (Fsp3) is 0.391. The quantitative estimate of drug-likeness (QED) is 0.485. The van der Waals surface area contributed by atoms with Gasteiger partial charge in [-0.25, -0.2) is 17.8 Å². The zero-order valence-corrected chi connectivity index (χ0v) is 19.6. The highest BCUT2D eigenvalue weighted by atomic mass is 32.2. The molecule has 0 saturated carbocycles. The highest BCUT2D eigenvalue weighted by Gasteiger charge is 2.24. The molecule has 9 heteroatoms. The third-order valence-electron chi connectivity index (χ3n) is 5.75. The average molecular weight is 476 g/mol. The second-order valence-corrected chi connectivity index (χ2v) is 11.0. The molecule has 0 aliphatic carbocycles. The summed E-state index contributed by atoms with van der Waals surface area (Å²) >= 11 is 1.68. The number of rotatable bonds is 7. The van der Waals surface area contributed by atoms with Crippen molar-refractivity contribution in [3.8, 4) is 0 Å². The number of carbonyl (C=O) groups excluding carboxylic acids is 1. The van der Waals surface area contributed by atoms with Crippen LogP contribution in [0.25, 0.3) is 10.2 Å². The van der Waals surface area contributed by atoms with Crippen LogP contribution in [0.3, 0.4) is 0 Å². The number of hydrogen-bond donors (Lipinski definition) is 0. The highest BCUT2D eigenvalue weighted by molar-refractivity contribution is 7.91. The molecule has 1 fully saturated rings. The Hall–Kier alpha value is -2.52. The minimum Gasteiger partial charge on any atom is -0.345 e. The smallest absolute Gasteiger partial charge is 0.222 e. The van der Waals surface area contributed by atoms with Crippen LogP contribution in [0, 0.1) is 5.82 Å². The minimum atomic E-state index is -3.52. The molecule has 1 aliphatic heterocycles. The van der Waals surface area contributed by atoms with Crippen LogP contribution in [0.1, 0.15) is 25.3 Å². The molecular weight excluding hydrogens is 449 g/mol. The van der Waals surface area contributed by atoms with Crippen LogP contribution in [-0.2, 0) is 21.1 Å². The molecule has 6 nitrogen and oxygen atoms in total. The molecule has 4 rings (SSSR count). The Kier molecular flexibility index (Phi) is 6.76. The molecule has 1 saturated heterocycles. The van der Waals surface area contributed by atoms with Crippen LogP contribution in [0.2, 0.25) is 0 Å². The number of benzene rings is 2. The molecule has 32 heavy (non-hydrogen) atoms. The Morgan fingerprint density at radius 2 is 1.81 bits per heavy atom. The lowest BCUT2D eigenvalue weighted by atomic mass is 10.1. The second-order valence-electron chi connectivity index (χ2n) is 7.86. The van der Waals surface area contributed by atoms with E-state index in [9.17, 15) is 17.6 Å². The number of piperazine rings is 1. The number of aryl methyl sites for hydroxylation is 1. The molecule has 0 spiro atoms. The van der Waals surface area contributed by atoms with Gasteiger partial charge in [-0.15, -0.1) is 0 Å². The first kappa shape index (κ1) is 22.7. The number of amides is 1. The number of anilines is 1. The summed E-state index contributed by atoms with van der Waals surface area (Å²) in [5.41, 5.74) is 2.31. The average Bonchev–Trinajstić information content (AvgIpc) is 3.24. The Balaban J connectivity index is 1.29. The monoisotopic (exact) mass is 475 g/mol. The molecule has 2 aromatic carbocycles. The van der Waals surface area contributed by atoms with E-state index in [0.29, 0.717) is 26.2 Å². The third-order valence-corrected chi connectivity index (χ3v) is 8.65. The molecule has 1 aromatic heterocycles. The largest absolute Gasteiger partial charge is 0.345 e. The summed E-state index contributed by atoms with van der Waals surface area (Å²) in [5.74, 6) is -0.637. The summed E-state index contributed by atoms with van der Waals surface area (Å²) in [6.07, 6.45) is 1.37. The fourth-order valence-corrected chi connectivity index (χ4v) is 6.27. The van der Waals surface area contributed by atoms with E-state index in [2.05, 4.69) is 30.0 Å². The molecule has 1 amide bonds. The van der Waals surface area contributed by atoms with E-state index >= 15 is 0 Å². The summed E-state index contributed by atoms with van der Waals surface area (Å²) in [7, 11) is -3.52. The van der Waals surface area contributed by atoms with Gasteiger partial charge in [-0.2, -0.15) is 0 Å². The standard InChI is InChI=1S/C23H26FN3O3S2/c1-2-17-5-3-6-20-22(17)25-23(31-20)27-14-12-26(13-15-27)21(28)7-4-16-32(29,30)19-10-8-18(24)9-11-19/h3,5-6,8-11H,2,4,7,12-16H2,1H3. The van der Waals surface area contributed by atoms with Gasteiger partial charge in [0, 0.05) is 32.6 Å². The zero-order valence-electron chi connectivity index (χ0n) is 18.0. The van der Waals surface area contributed by atoms with Crippen molar-refractivity contribution in [2.45, 2.75) is 31.1 Å². The first-order valence-corrected chi connectivity index (χ1v) is 13.2. The lowest BCUT2D eigenvalue weighted by Crippen LogP contribution is -2.48. The number of nitrogens with zero attached hydrogens (tertiary/aromatic N) is 3. The molecule has 2 heterocycles. The number of para-hydroxylation sites is 1. The maximum Gasteiger partial charge on any atom is 0.222 e. The molecule has 0 radical (unpaired) electrons. The van der Waals surface area contributed by atoms with Gasteiger partial charge in [-0.1, -0.05) is 30.4 Å². The Bertz CT molecular complexity index is 1200. The maximum absolute atomic E-state index is 13.0. The van der Waals surface area contributed by atoms with Gasteiger partial charge in [0.15, 0.2) is 15.0 Å². The number of hydrogen-bond acceptors (Lipinski definition) is 6. The summed E-state index contributed by atoms with van der Waals surface area (Å²) < 4.78 is 38.9. The van der Waals surface area contributed by atoms with E-state index in [1.165, 1.54) is 22.4 Å². The first-order valence-electron chi connectivity index (χ1n) is 10.8. The van der Waals surface area contributed by atoms with Gasteiger partial charge in [0.25, 0.3) is 0 Å². The highest BCUT2D eigenvalue weighted by Crippen LogP contribution is 2.31. The van der Waals surface area contributed by atoms with E-state index < -0.39 is 15.7 Å². The summed E-state index contributed by atoms with van der Waals surface area (Å²) in [5, 5.41) is 0.985. The van der Waals surface area contributed by atoms with Crippen molar-refractivity contribution in [3.05, 3.63) is 53.8 Å².